The van der Waals surface area contributed by atoms with E-state index in [0.717, 1.165) is 11.3 Å². The number of carbonyl (C=O) groups excluding carboxylic acids is 1. The Hall–Kier alpha value is -2.24. The number of amides is 1. The third kappa shape index (κ3) is 3.01. The van der Waals surface area contributed by atoms with Gasteiger partial charge in [0, 0.05) is 0 Å². The fourth-order valence-electron chi connectivity index (χ4n) is 2.06. The number of nitrogens with one attached hydrogen (secondary N) is 1. The summed E-state index contributed by atoms with van der Waals surface area (Å²) in [5.74, 6) is -0.324. The Morgan fingerprint density at radius 2 is 2.25 bits per heavy atom. The van der Waals surface area contributed by atoms with Crippen LogP contribution in [0.25, 0.3) is 0 Å². The molecule has 0 fully saturated rings. The number of hydrogen-bond acceptors (Lipinski definition) is 4. The van der Waals surface area contributed by atoms with Crippen molar-refractivity contribution >= 4 is 11.9 Å². The Balaban J connectivity index is 2.06. The van der Waals surface area contributed by atoms with E-state index in [2.05, 4.69) is 5.32 Å². The molecule has 0 spiro atoms. The van der Waals surface area contributed by atoms with Crippen LogP contribution in [0.15, 0.2) is 18.2 Å². The molecule has 2 atom stereocenters. The highest BCUT2D eigenvalue weighted by Crippen LogP contribution is 2.30. The second-order valence-electron chi connectivity index (χ2n) is 4.75. The summed E-state index contributed by atoms with van der Waals surface area (Å²) in [6, 6.07) is 4.53. The molecule has 6 heteroatoms. The van der Waals surface area contributed by atoms with Crippen molar-refractivity contribution in [3.8, 4) is 11.5 Å². The van der Waals surface area contributed by atoms with Crippen molar-refractivity contribution in [2.24, 2.45) is 5.92 Å². The zero-order chi connectivity index (χ0) is 14.7. The Bertz CT molecular complexity index is 528. The van der Waals surface area contributed by atoms with E-state index in [1.165, 1.54) is 6.92 Å². The first-order valence-corrected chi connectivity index (χ1v) is 6.34. The second kappa shape index (κ2) is 5.81. The van der Waals surface area contributed by atoms with E-state index in [-0.39, 0.29) is 12.5 Å². The molecule has 1 aliphatic heterocycles. The van der Waals surface area contributed by atoms with Crippen LogP contribution >= 0.6 is 0 Å². The van der Waals surface area contributed by atoms with Crippen LogP contribution in [0.2, 0.25) is 0 Å². The fraction of sp³-hybridized carbons (Fsp3) is 0.429. The van der Waals surface area contributed by atoms with Gasteiger partial charge in [-0.1, -0.05) is 0 Å². The van der Waals surface area contributed by atoms with E-state index in [4.69, 9.17) is 14.6 Å². The lowest BCUT2D eigenvalue weighted by Crippen LogP contribution is -2.44. The maximum absolute atomic E-state index is 12.0. The Labute approximate surface area is 116 Å². The van der Waals surface area contributed by atoms with E-state index in [1.807, 2.05) is 12.1 Å². The molecule has 1 aliphatic rings. The summed E-state index contributed by atoms with van der Waals surface area (Å²) in [5.41, 5.74) is 0.888. The first kappa shape index (κ1) is 14.2. The van der Waals surface area contributed by atoms with Gasteiger partial charge in [-0.15, -0.1) is 0 Å². The average Bonchev–Trinajstić information content (AvgIpc) is 2.45. The zero-order valence-electron chi connectivity index (χ0n) is 11.4. The minimum Gasteiger partial charge on any atom is -0.497 e. The molecule has 2 rings (SSSR count). The Kier molecular flexibility index (Phi) is 4.12. The highest BCUT2D eigenvalue weighted by Gasteiger charge is 2.28. The normalized spacial score (nSPS) is 18.4. The summed E-state index contributed by atoms with van der Waals surface area (Å²) in [4.78, 5) is 22.7. The number of rotatable bonds is 4. The minimum atomic E-state index is -1.06. The number of carbonyl (C=O) groups is 2. The molecule has 1 amide bonds. The predicted molar refractivity (Wildman–Crippen MR) is 70.9 cm³/mol. The summed E-state index contributed by atoms with van der Waals surface area (Å²) >= 11 is 0. The molecule has 108 valence electrons. The smallest absolute Gasteiger partial charge is 0.325 e. The number of hydrogen-bond donors (Lipinski definition) is 2. The van der Waals surface area contributed by atoms with Crippen LogP contribution in [-0.4, -0.2) is 36.7 Å². The lowest BCUT2D eigenvalue weighted by molar-refractivity contribution is -0.142. The maximum Gasteiger partial charge on any atom is 0.325 e. The maximum atomic E-state index is 12.0. The standard InChI is InChI=1S/C14H17NO5/c1-8(14(17)18)15-13(16)10-5-9-6-11(19-2)3-4-12(9)20-7-10/h3-4,6,8,10H,5,7H2,1-2H3,(H,15,16)(H,17,18)/t8-,10?/m0/s1. The molecule has 2 N–H and O–H groups in total. The summed E-state index contributed by atoms with van der Waals surface area (Å²) in [6.45, 7) is 1.68. The van der Waals surface area contributed by atoms with Gasteiger partial charge in [-0.05, 0) is 37.1 Å². The third-order valence-electron chi connectivity index (χ3n) is 3.27. The molecule has 1 aromatic rings. The van der Waals surface area contributed by atoms with Crippen LogP contribution in [0, 0.1) is 5.92 Å². The number of ether oxygens (including phenoxy) is 2. The van der Waals surface area contributed by atoms with E-state index in [9.17, 15) is 9.59 Å². The van der Waals surface area contributed by atoms with Crippen LogP contribution in [0.3, 0.4) is 0 Å². The largest absolute Gasteiger partial charge is 0.497 e. The van der Waals surface area contributed by atoms with E-state index < -0.39 is 17.9 Å². The summed E-state index contributed by atoms with van der Waals surface area (Å²) < 4.78 is 10.7. The first-order chi connectivity index (χ1) is 9.51. The topological polar surface area (TPSA) is 84.9 Å². The molecule has 6 nitrogen and oxygen atoms in total. The Morgan fingerprint density at radius 3 is 2.90 bits per heavy atom. The van der Waals surface area contributed by atoms with Gasteiger partial charge in [0.1, 0.15) is 24.1 Å². The van der Waals surface area contributed by atoms with Crippen LogP contribution in [0.4, 0.5) is 0 Å². The molecule has 0 bridgehead atoms. The molecular formula is C14H17NO5. The molecule has 0 saturated heterocycles. The lowest BCUT2D eigenvalue weighted by Gasteiger charge is -2.25. The van der Waals surface area contributed by atoms with Gasteiger partial charge in [0.15, 0.2) is 0 Å². The van der Waals surface area contributed by atoms with E-state index >= 15 is 0 Å². The van der Waals surface area contributed by atoms with Crippen LogP contribution in [0.1, 0.15) is 12.5 Å². The van der Waals surface area contributed by atoms with Gasteiger partial charge in [-0.2, -0.15) is 0 Å². The van der Waals surface area contributed by atoms with Crippen LogP contribution in [-0.2, 0) is 16.0 Å². The molecule has 0 radical (unpaired) electrons. The minimum absolute atomic E-state index is 0.248. The molecule has 1 aromatic carbocycles. The van der Waals surface area contributed by atoms with Crippen molar-refractivity contribution in [1.29, 1.82) is 0 Å². The first-order valence-electron chi connectivity index (χ1n) is 6.34. The second-order valence-corrected chi connectivity index (χ2v) is 4.75. The van der Waals surface area contributed by atoms with E-state index in [0.29, 0.717) is 12.2 Å². The molecule has 0 aliphatic carbocycles. The van der Waals surface area contributed by atoms with Gasteiger partial charge in [0.05, 0.1) is 13.0 Å². The van der Waals surface area contributed by atoms with Crippen LogP contribution in [0.5, 0.6) is 11.5 Å². The van der Waals surface area contributed by atoms with Crippen molar-refractivity contribution in [1.82, 2.24) is 5.32 Å². The lowest BCUT2D eigenvalue weighted by atomic mass is 9.95. The molecule has 1 heterocycles. The van der Waals surface area contributed by atoms with Gasteiger partial charge >= 0.3 is 5.97 Å². The predicted octanol–water partition coefficient (Wildman–Crippen LogP) is 0.836. The Morgan fingerprint density at radius 1 is 1.50 bits per heavy atom. The van der Waals surface area contributed by atoms with Gasteiger partial charge in [0.2, 0.25) is 5.91 Å². The van der Waals surface area contributed by atoms with Crippen molar-refractivity contribution in [2.45, 2.75) is 19.4 Å². The third-order valence-corrected chi connectivity index (χ3v) is 3.27. The number of aliphatic carboxylic acids is 1. The number of carboxylic acids is 1. The molecular weight excluding hydrogens is 262 g/mol. The molecule has 1 unspecified atom stereocenters. The van der Waals surface area contributed by atoms with Crippen molar-refractivity contribution < 1.29 is 24.2 Å². The zero-order valence-corrected chi connectivity index (χ0v) is 11.4. The quantitative estimate of drug-likeness (QED) is 0.853. The van der Waals surface area contributed by atoms with Gasteiger partial charge < -0.3 is 19.9 Å². The van der Waals surface area contributed by atoms with Gasteiger partial charge in [-0.3, -0.25) is 9.59 Å². The van der Waals surface area contributed by atoms with Crippen molar-refractivity contribution in [2.75, 3.05) is 13.7 Å². The number of methoxy groups -OCH3 is 1. The number of carboxylic acid groups (broad SMARTS) is 1. The molecule has 0 aromatic heterocycles. The average molecular weight is 279 g/mol. The summed E-state index contributed by atoms with van der Waals surface area (Å²) in [7, 11) is 1.57. The monoisotopic (exact) mass is 279 g/mol. The summed E-state index contributed by atoms with van der Waals surface area (Å²) in [5, 5.41) is 11.3. The van der Waals surface area contributed by atoms with Crippen LogP contribution < -0.4 is 14.8 Å². The SMILES string of the molecule is COc1ccc2c(c1)CC(C(=O)N[C@@H](C)C(=O)O)CO2. The molecule has 20 heavy (non-hydrogen) atoms. The highest BCUT2D eigenvalue weighted by molar-refractivity contribution is 5.85. The van der Waals surface area contributed by atoms with E-state index in [1.54, 1.807) is 13.2 Å². The fourth-order valence-corrected chi connectivity index (χ4v) is 2.06. The number of benzene rings is 1. The van der Waals surface area contributed by atoms with Gasteiger partial charge in [0.25, 0.3) is 0 Å². The van der Waals surface area contributed by atoms with Crippen molar-refractivity contribution in [3.05, 3.63) is 23.8 Å². The number of fused-ring (bicyclic) bond motifs is 1. The van der Waals surface area contributed by atoms with Crippen molar-refractivity contribution in [3.63, 3.8) is 0 Å². The molecule has 0 saturated carbocycles. The summed E-state index contributed by atoms with van der Waals surface area (Å²) in [6.07, 6.45) is 0.505. The van der Waals surface area contributed by atoms with Gasteiger partial charge in [-0.25, -0.2) is 0 Å². The highest BCUT2D eigenvalue weighted by atomic mass is 16.5.